The van der Waals surface area contributed by atoms with Gasteiger partial charge in [-0.1, -0.05) is 36.4 Å². The molecule has 2 aromatic carbocycles. The number of imidazole rings is 1. The summed E-state index contributed by atoms with van der Waals surface area (Å²) >= 11 is 0. The van der Waals surface area contributed by atoms with Gasteiger partial charge in [-0.2, -0.15) is 0 Å². The molecule has 3 rings (SSSR count). The van der Waals surface area contributed by atoms with Crippen LogP contribution in [-0.2, 0) is 25.9 Å². The molecule has 3 aromatic rings. The quantitative estimate of drug-likeness (QED) is 0.216. The van der Waals surface area contributed by atoms with Crippen molar-refractivity contribution in [1.82, 2.24) is 14.9 Å². The molecule has 1 aromatic heterocycles. The molecule has 172 valence electrons. The van der Waals surface area contributed by atoms with Crippen LogP contribution in [-0.4, -0.2) is 36.3 Å². The van der Waals surface area contributed by atoms with Crippen LogP contribution in [0.3, 0.4) is 0 Å². The van der Waals surface area contributed by atoms with Crippen molar-refractivity contribution in [3.8, 4) is 11.5 Å². The number of benzene rings is 2. The second-order valence-electron chi connectivity index (χ2n) is 7.19. The minimum Gasteiger partial charge on any atom is -0.493 e. The van der Waals surface area contributed by atoms with Gasteiger partial charge >= 0.3 is 0 Å². The number of halogens is 1. The molecule has 0 aliphatic heterocycles. The van der Waals surface area contributed by atoms with Gasteiger partial charge in [0.2, 0.25) is 0 Å². The molecule has 8 heteroatoms. The first-order valence-corrected chi connectivity index (χ1v) is 10.5. The highest BCUT2D eigenvalue weighted by Gasteiger charge is 2.05. The van der Waals surface area contributed by atoms with E-state index in [2.05, 4.69) is 44.1 Å². The maximum absolute atomic E-state index is 6.04. The van der Waals surface area contributed by atoms with E-state index in [1.807, 2.05) is 36.7 Å². The number of ether oxygens (including phenoxy) is 2. The summed E-state index contributed by atoms with van der Waals surface area (Å²) in [6.07, 6.45) is 6.70. The highest BCUT2D eigenvalue weighted by atomic mass is 127. The third kappa shape index (κ3) is 7.74. The second kappa shape index (κ2) is 13.6. The molecule has 0 amide bonds. The van der Waals surface area contributed by atoms with Crippen molar-refractivity contribution in [3.63, 3.8) is 0 Å². The Labute approximate surface area is 207 Å². The minimum absolute atomic E-state index is 0. The van der Waals surface area contributed by atoms with Crippen molar-refractivity contribution in [2.24, 2.45) is 10.7 Å². The lowest BCUT2D eigenvalue weighted by Crippen LogP contribution is -2.33. The van der Waals surface area contributed by atoms with E-state index < -0.39 is 0 Å². The standard InChI is InChI=1S/C24H31N5O2.HI/c1-30-21-11-10-20(17-22(21)31-2)12-13-27-24(25)28-18-23-26-14-16-29(23)15-6-9-19-7-4-3-5-8-19;/h3-5,7-8,10-11,14,16-17H,6,9,12-13,15,18H2,1-2H3,(H3,25,27,28);1H. The molecule has 0 radical (unpaired) electrons. The largest absolute Gasteiger partial charge is 0.493 e. The Bertz CT molecular complexity index is 976. The lowest BCUT2D eigenvalue weighted by molar-refractivity contribution is 0.354. The summed E-state index contributed by atoms with van der Waals surface area (Å²) in [6, 6.07) is 16.4. The molecular weight excluding hydrogens is 517 g/mol. The Morgan fingerprint density at radius 2 is 1.81 bits per heavy atom. The summed E-state index contributed by atoms with van der Waals surface area (Å²) in [5, 5.41) is 3.16. The summed E-state index contributed by atoms with van der Waals surface area (Å²) in [7, 11) is 3.26. The van der Waals surface area contributed by atoms with Gasteiger partial charge in [-0.05, 0) is 42.5 Å². The number of rotatable bonds is 11. The number of aliphatic imine (C=N–C) groups is 1. The van der Waals surface area contributed by atoms with Crippen LogP contribution < -0.4 is 20.5 Å². The molecule has 0 aliphatic carbocycles. The van der Waals surface area contributed by atoms with Crippen LogP contribution in [0, 0.1) is 0 Å². The fourth-order valence-electron chi connectivity index (χ4n) is 3.38. The average Bonchev–Trinajstić information content (AvgIpc) is 3.25. The zero-order valence-corrected chi connectivity index (χ0v) is 21.0. The Balaban J connectivity index is 0.00000363. The highest BCUT2D eigenvalue weighted by Crippen LogP contribution is 2.27. The van der Waals surface area contributed by atoms with Crippen LogP contribution in [0.25, 0.3) is 0 Å². The van der Waals surface area contributed by atoms with E-state index in [0.717, 1.165) is 48.7 Å². The van der Waals surface area contributed by atoms with Crippen molar-refractivity contribution in [2.45, 2.75) is 32.4 Å². The number of nitrogens with two attached hydrogens (primary N) is 1. The van der Waals surface area contributed by atoms with Crippen molar-refractivity contribution >= 4 is 29.9 Å². The first-order chi connectivity index (χ1) is 15.2. The Kier molecular flexibility index (Phi) is 10.9. The van der Waals surface area contributed by atoms with Crippen LogP contribution in [0.15, 0.2) is 65.9 Å². The number of hydrogen-bond donors (Lipinski definition) is 2. The molecular formula is C24H32IN5O2. The lowest BCUT2D eigenvalue weighted by atomic mass is 10.1. The topological polar surface area (TPSA) is 86.7 Å². The van der Waals surface area contributed by atoms with Crippen LogP contribution in [0.2, 0.25) is 0 Å². The number of nitrogens with one attached hydrogen (secondary N) is 1. The van der Waals surface area contributed by atoms with Crippen LogP contribution in [0.1, 0.15) is 23.4 Å². The third-order valence-corrected chi connectivity index (χ3v) is 5.07. The zero-order valence-electron chi connectivity index (χ0n) is 18.7. The average molecular weight is 549 g/mol. The van der Waals surface area contributed by atoms with E-state index in [1.54, 1.807) is 14.2 Å². The summed E-state index contributed by atoms with van der Waals surface area (Å²) in [6.45, 7) is 2.04. The predicted molar refractivity (Wildman–Crippen MR) is 139 cm³/mol. The maximum atomic E-state index is 6.04. The van der Waals surface area contributed by atoms with Crippen LogP contribution in [0.4, 0.5) is 0 Å². The fraction of sp³-hybridized carbons (Fsp3) is 0.333. The van der Waals surface area contributed by atoms with Gasteiger partial charge in [0.25, 0.3) is 0 Å². The van der Waals surface area contributed by atoms with Crippen LogP contribution >= 0.6 is 24.0 Å². The molecule has 3 N–H and O–H groups in total. The fourth-order valence-corrected chi connectivity index (χ4v) is 3.38. The predicted octanol–water partition coefficient (Wildman–Crippen LogP) is 3.80. The first-order valence-electron chi connectivity index (χ1n) is 10.5. The van der Waals surface area contributed by atoms with Crippen molar-refractivity contribution in [3.05, 3.63) is 77.9 Å². The molecule has 0 bridgehead atoms. The van der Waals surface area contributed by atoms with Gasteiger partial charge < -0.3 is 25.1 Å². The second-order valence-corrected chi connectivity index (χ2v) is 7.19. The van der Waals surface area contributed by atoms with Gasteiger partial charge in [0.05, 0.1) is 14.2 Å². The summed E-state index contributed by atoms with van der Waals surface area (Å²) in [5.74, 6) is 2.78. The van der Waals surface area contributed by atoms with E-state index in [9.17, 15) is 0 Å². The number of aryl methyl sites for hydroxylation is 2. The smallest absolute Gasteiger partial charge is 0.189 e. The lowest BCUT2D eigenvalue weighted by Gasteiger charge is -2.10. The van der Waals surface area contributed by atoms with E-state index in [0.29, 0.717) is 19.0 Å². The summed E-state index contributed by atoms with van der Waals surface area (Å²) in [5.41, 5.74) is 8.52. The molecule has 0 saturated carbocycles. The molecule has 0 aliphatic rings. The Morgan fingerprint density at radius 1 is 1.03 bits per heavy atom. The van der Waals surface area contributed by atoms with Gasteiger partial charge in [-0.25, -0.2) is 9.98 Å². The number of nitrogens with zero attached hydrogens (tertiary/aromatic N) is 3. The molecule has 0 spiro atoms. The number of aromatic nitrogens is 2. The number of guanidine groups is 1. The SMILES string of the molecule is COc1ccc(CCNC(N)=NCc2nccn2CCCc2ccccc2)cc1OC.I. The van der Waals surface area contributed by atoms with Gasteiger partial charge in [0, 0.05) is 25.5 Å². The van der Waals surface area contributed by atoms with Crippen molar-refractivity contribution < 1.29 is 9.47 Å². The van der Waals surface area contributed by atoms with Gasteiger partial charge in [0.1, 0.15) is 12.4 Å². The van der Waals surface area contributed by atoms with Gasteiger partial charge in [0.15, 0.2) is 17.5 Å². The van der Waals surface area contributed by atoms with Crippen LogP contribution in [0.5, 0.6) is 11.5 Å². The molecule has 32 heavy (non-hydrogen) atoms. The highest BCUT2D eigenvalue weighted by molar-refractivity contribution is 14.0. The maximum Gasteiger partial charge on any atom is 0.189 e. The third-order valence-electron chi connectivity index (χ3n) is 5.07. The van der Waals surface area contributed by atoms with E-state index in [1.165, 1.54) is 5.56 Å². The first kappa shape index (κ1) is 25.5. The van der Waals surface area contributed by atoms with E-state index >= 15 is 0 Å². The van der Waals surface area contributed by atoms with Gasteiger partial charge in [-0.3, -0.25) is 0 Å². The molecule has 1 heterocycles. The normalized spacial score (nSPS) is 11.0. The van der Waals surface area contributed by atoms with E-state index in [-0.39, 0.29) is 24.0 Å². The Hall–Kier alpha value is -2.75. The molecule has 0 fully saturated rings. The molecule has 0 atom stereocenters. The monoisotopic (exact) mass is 549 g/mol. The summed E-state index contributed by atoms with van der Waals surface area (Å²) < 4.78 is 12.8. The minimum atomic E-state index is 0. The molecule has 0 saturated heterocycles. The van der Waals surface area contributed by atoms with Crippen molar-refractivity contribution in [2.75, 3.05) is 20.8 Å². The number of hydrogen-bond acceptors (Lipinski definition) is 4. The number of methoxy groups -OCH3 is 2. The Morgan fingerprint density at radius 3 is 2.56 bits per heavy atom. The van der Waals surface area contributed by atoms with Gasteiger partial charge in [-0.15, -0.1) is 24.0 Å². The molecule has 7 nitrogen and oxygen atoms in total. The zero-order chi connectivity index (χ0) is 21.9. The van der Waals surface area contributed by atoms with E-state index in [4.69, 9.17) is 15.2 Å². The summed E-state index contributed by atoms with van der Waals surface area (Å²) in [4.78, 5) is 8.86. The van der Waals surface area contributed by atoms with Crippen molar-refractivity contribution in [1.29, 1.82) is 0 Å². The molecule has 0 unspecified atom stereocenters.